The highest BCUT2D eigenvalue weighted by Gasteiger charge is 2.42. The number of esters is 1. The molecule has 17 heavy (non-hydrogen) atoms. The Labute approximate surface area is 98.0 Å². The lowest BCUT2D eigenvalue weighted by Crippen LogP contribution is -2.44. The number of carboxylic acid groups (broad SMARTS) is 2. The van der Waals surface area contributed by atoms with Gasteiger partial charge in [0.05, 0.1) is 19.4 Å². The summed E-state index contributed by atoms with van der Waals surface area (Å²) in [5.41, 5.74) is -2.52. The van der Waals surface area contributed by atoms with Crippen molar-refractivity contribution in [2.45, 2.75) is 32.3 Å². The highest BCUT2D eigenvalue weighted by molar-refractivity contribution is 5.89. The molecule has 0 aromatic rings. The van der Waals surface area contributed by atoms with Crippen LogP contribution in [0, 0.1) is 5.92 Å². The number of aliphatic hydroxyl groups is 1. The van der Waals surface area contributed by atoms with Crippen LogP contribution < -0.4 is 0 Å². The summed E-state index contributed by atoms with van der Waals surface area (Å²) in [6.45, 7) is 3.49. The molecule has 0 saturated heterocycles. The zero-order valence-corrected chi connectivity index (χ0v) is 9.67. The zero-order chi connectivity index (χ0) is 13.6. The van der Waals surface area contributed by atoms with E-state index >= 15 is 0 Å². The molecule has 0 aliphatic carbocycles. The SMILES string of the molecule is CC(C)COC(=O)C(O)(CC(=O)O)CC(=O)O. The van der Waals surface area contributed by atoms with E-state index in [1.54, 1.807) is 13.8 Å². The molecule has 0 aliphatic rings. The lowest BCUT2D eigenvalue weighted by atomic mass is 9.96. The molecular formula is C10H16O7. The summed E-state index contributed by atoms with van der Waals surface area (Å²) in [5, 5.41) is 26.8. The minimum Gasteiger partial charge on any atom is -0.481 e. The largest absolute Gasteiger partial charge is 0.481 e. The summed E-state index contributed by atoms with van der Waals surface area (Å²) in [6, 6.07) is 0. The van der Waals surface area contributed by atoms with Gasteiger partial charge in [-0.15, -0.1) is 0 Å². The van der Waals surface area contributed by atoms with Crippen molar-refractivity contribution < 1.29 is 34.4 Å². The zero-order valence-electron chi connectivity index (χ0n) is 9.67. The quantitative estimate of drug-likeness (QED) is 0.536. The number of carbonyl (C=O) groups excluding carboxylic acids is 1. The lowest BCUT2D eigenvalue weighted by molar-refractivity contribution is -0.176. The maximum absolute atomic E-state index is 11.4. The molecular weight excluding hydrogens is 232 g/mol. The van der Waals surface area contributed by atoms with Crippen LogP contribution >= 0.6 is 0 Å². The van der Waals surface area contributed by atoms with Crippen LogP contribution in [0.4, 0.5) is 0 Å². The molecule has 0 aromatic carbocycles. The van der Waals surface area contributed by atoms with Crippen molar-refractivity contribution in [3.05, 3.63) is 0 Å². The molecule has 0 atom stereocenters. The number of carbonyl (C=O) groups is 3. The van der Waals surface area contributed by atoms with Gasteiger partial charge in [-0.2, -0.15) is 0 Å². The van der Waals surface area contributed by atoms with Crippen LogP contribution in [0.3, 0.4) is 0 Å². The Kier molecular flexibility index (Phi) is 5.60. The molecule has 0 unspecified atom stereocenters. The third-order valence-corrected chi connectivity index (χ3v) is 1.82. The van der Waals surface area contributed by atoms with E-state index < -0.39 is 36.4 Å². The summed E-state index contributed by atoms with van der Waals surface area (Å²) < 4.78 is 4.65. The number of hydrogen-bond acceptors (Lipinski definition) is 5. The van der Waals surface area contributed by atoms with Crippen molar-refractivity contribution in [1.82, 2.24) is 0 Å². The third kappa shape index (κ3) is 5.86. The molecule has 7 nitrogen and oxygen atoms in total. The van der Waals surface area contributed by atoms with Gasteiger partial charge in [0, 0.05) is 0 Å². The molecule has 98 valence electrons. The maximum atomic E-state index is 11.4. The number of aliphatic carboxylic acids is 2. The smallest absolute Gasteiger partial charge is 0.339 e. The molecule has 0 rings (SSSR count). The van der Waals surface area contributed by atoms with Gasteiger partial charge in [0.1, 0.15) is 0 Å². The highest BCUT2D eigenvalue weighted by Crippen LogP contribution is 2.18. The molecule has 3 N–H and O–H groups in total. The fraction of sp³-hybridized carbons (Fsp3) is 0.700. The summed E-state index contributed by atoms with van der Waals surface area (Å²) in [7, 11) is 0. The second-order valence-electron chi connectivity index (χ2n) is 4.16. The average Bonchev–Trinajstić information content (AvgIpc) is 2.10. The predicted octanol–water partition coefficient (Wildman–Crippen LogP) is -0.134. The minimum atomic E-state index is -2.52. The molecule has 0 bridgehead atoms. The molecule has 0 aliphatic heterocycles. The van der Waals surface area contributed by atoms with Gasteiger partial charge in [0.25, 0.3) is 0 Å². The minimum absolute atomic E-state index is 0.00199. The standard InChI is InChI=1S/C10H16O7/c1-6(2)5-17-9(15)10(16,3-7(11)12)4-8(13)14/h6,16H,3-5H2,1-2H3,(H,11,12)(H,13,14). The Morgan fingerprint density at radius 3 is 1.82 bits per heavy atom. The lowest BCUT2D eigenvalue weighted by Gasteiger charge is -2.22. The van der Waals surface area contributed by atoms with Gasteiger partial charge in [-0.05, 0) is 5.92 Å². The van der Waals surface area contributed by atoms with Gasteiger partial charge in [0.15, 0.2) is 5.60 Å². The summed E-state index contributed by atoms with van der Waals surface area (Å²) >= 11 is 0. The Bertz CT molecular complexity index is 292. The van der Waals surface area contributed by atoms with Crippen LogP contribution in [-0.4, -0.2) is 45.4 Å². The summed E-state index contributed by atoms with van der Waals surface area (Å²) in [4.78, 5) is 32.4. The number of ether oxygens (including phenoxy) is 1. The summed E-state index contributed by atoms with van der Waals surface area (Å²) in [6.07, 6.45) is -2.01. The Balaban J connectivity index is 4.71. The molecule has 0 spiro atoms. The molecule has 0 amide bonds. The molecule has 7 heteroatoms. The van der Waals surface area contributed by atoms with Crippen LogP contribution in [0.15, 0.2) is 0 Å². The van der Waals surface area contributed by atoms with Gasteiger partial charge in [-0.25, -0.2) is 4.79 Å². The first-order chi connectivity index (χ1) is 7.67. The van der Waals surface area contributed by atoms with Crippen LogP contribution in [-0.2, 0) is 19.1 Å². The van der Waals surface area contributed by atoms with Crippen molar-refractivity contribution in [2.75, 3.05) is 6.61 Å². The van der Waals surface area contributed by atoms with E-state index in [1.807, 2.05) is 0 Å². The van der Waals surface area contributed by atoms with Crippen molar-refractivity contribution in [3.63, 3.8) is 0 Å². The summed E-state index contributed by atoms with van der Waals surface area (Å²) in [5.74, 6) is -4.18. The molecule has 0 radical (unpaired) electrons. The van der Waals surface area contributed by atoms with Gasteiger partial charge in [-0.1, -0.05) is 13.8 Å². The van der Waals surface area contributed by atoms with Gasteiger partial charge >= 0.3 is 17.9 Å². The van der Waals surface area contributed by atoms with E-state index in [2.05, 4.69) is 4.74 Å². The fourth-order valence-corrected chi connectivity index (χ4v) is 1.08. The van der Waals surface area contributed by atoms with E-state index in [0.717, 1.165) is 0 Å². The number of rotatable bonds is 7. The van der Waals surface area contributed by atoms with Gasteiger partial charge in [-0.3, -0.25) is 9.59 Å². The molecule has 0 fully saturated rings. The van der Waals surface area contributed by atoms with Crippen LogP contribution in [0.5, 0.6) is 0 Å². The van der Waals surface area contributed by atoms with E-state index in [1.165, 1.54) is 0 Å². The Morgan fingerprint density at radius 1 is 1.12 bits per heavy atom. The van der Waals surface area contributed by atoms with Crippen molar-refractivity contribution >= 4 is 17.9 Å². The van der Waals surface area contributed by atoms with Gasteiger partial charge < -0.3 is 20.1 Å². The van der Waals surface area contributed by atoms with E-state index in [9.17, 15) is 19.5 Å². The van der Waals surface area contributed by atoms with E-state index in [-0.39, 0.29) is 12.5 Å². The van der Waals surface area contributed by atoms with Crippen LogP contribution in [0.2, 0.25) is 0 Å². The molecule has 0 heterocycles. The second kappa shape index (κ2) is 6.19. The highest BCUT2D eigenvalue weighted by atomic mass is 16.6. The van der Waals surface area contributed by atoms with Crippen LogP contribution in [0.1, 0.15) is 26.7 Å². The Morgan fingerprint density at radius 2 is 1.53 bits per heavy atom. The second-order valence-corrected chi connectivity index (χ2v) is 4.16. The average molecular weight is 248 g/mol. The molecule has 0 aromatic heterocycles. The monoisotopic (exact) mass is 248 g/mol. The van der Waals surface area contributed by atoms with Crippen molar-refractivity contribution in [3.8, 4) is 0 Å². The van der Waals surface area contributed by atoms with E-state index in [4.69, 9.17) is 10.2 Å². The normalized spacial score (nSPS) is 11.3. The van der Waals surface area contributed by atoms with E-state index in [0.29, 0.717) is 0 Å². The van der Waals surface area contributed by atoms with Crippen LogP contribution in [0.25, 0.3) is 0 Å². The van der Waals surface area contributed by atoms with Gasteiger partial charge in [0.2, 0.25) is 0 Å². The number of carboxylic acids is 2. The first kappa shape index (κ1) is 15.4. The predicted molar refractivity (Wildman–Crippen MR) is 55.3 cm³/mol. The molecule has 0 saturated carbocycles. The maximum Gasteiger partial charge on any atom is 0.339 e. The number of hydrogen-bond donors (Lipinski definition) is 3. The van der Waals surface area contributed by atoms with Crippen molar-refractivity contribution in [1.29, 1.82) is 0 Å². The first-order valence-corrected chi connectivity index (χ1v) is 5.00. The first-order valence-electron chi connectivity index (χ1n) is 5.00. The third-order valence-electron chi connectivity index (χ3n) is 1.82. The van der Waals surface area contributed by atoms with Crippen molar-refractivity contribution in [2.24, 2.45) is 5.92 Å². The Hall–Kier alpha value is -1.63. The topological polar surface area (TPSA) is 121 Å². The fourth-order valence-electron chi connectivity index (χ4n) is 1.08.